The number of hydrogen-bond donors (Lipinski definition) is 1. The maximum Gasteiger partial charge on any atom is 0.326 e. The van der Waals surface area contributed by atoms with Gasteiger partial charge in [0.15, 0.2) is 0 Å². The van der Waals surface area contributed by atoms with E-state index in [1.165, 1.54) is 0 Å². The Morgan fingerprint density at radius 1 is 1.20 bits per heavy atom. The highest BCUT2D eigenvalue weighted by molar-refractivity contribution is 5.75. The van der Waals surface area contributed by atoms with E-state index in [4.69, 9.17) is 10.5 Å². The van der Waals surface area contributed by atoms with Crippen LogP contribution in [0.1, 0.15) is 27.7 Å². The first-order valence-electron chi connectivity index (χ1n) is 4.95. The molecule has 0 radical (unpaired) electrons. The van der Waals surface area contributed by atoms with E-state index < -0.39 is 18.3 Å². The zero-order valence-corrected chi connectivity index (χ0v) is 9.60. The minimum atomic E-state index is -0.861. The van der Waals surface area contributed by atoms with Gasteiger partial charge in [0.1, 0.15) is 6.04 Å². The van der Waals surface area contributed by atoms with E-state index in [9.17, 15) is 9.59 Å². The monoisotopic (exact) mass is 217 g/mol. The SMILES string of the molecule is CC(C)C(OC=O)OC(=O)C(N)C(C)C. The Balaban J connectivity index is 4.28. The summed E-state index contributed by atoms with van der Waals surface area (Å²) in [6.07, 6.45) is -0.861. The molecule has 0 saturated heterocycles. The van der Waals surface area contributed by atoms with Crippen molar-refractivity contribution in [1.82, 2.24) is 0 Å². The standard InChI is InChI=1S/C10H19NO4/c1-6(2)8(11)9(13)15-10(7(3)4)14-5-12/h5-8,10H,11H2,1-4H3. The molecule has 0 bridgehead atoms. The molecular weight excluding hydrogens is 198 g/mol. The molecule has 0 aromatic carbocycles. The normalized spacial score (nSPS) is 14.9. The first-order valence-corrected chi connectivity index (χ1v) is 4.95. The molecule has 2 unspecified atom stereocenters. The maximum absolute atomic E-state index is 11.4. The highest BCUT2D eigenvalue weighted by Crippen LogP contribution is 2.10. The molecule has 0 fully saturated rings. The number of rotatable bonds is 6. The maximum atomic E-state index is 11.4. The first-order chi connectivity index (χ1) is 6.90. The smallest absolute Gasteiger partial charge is 0.326 e. The van der Waals surface area contributed by atoms with Crippen molar-refractivity contribution in [2.75, 3.05) is 0 Å². The number of carbonyl (C=O) groups excluding carboxylic acids is 2. The summed E-state index contributed by atoms with van der Waals surface area (Å²) in [4.78, 5) is 21.6. The lowest BCUT2D eigenvalue weighted by Crippen LogP contribution is -2.40. The van der Waals surface area contributed by atoms with E-state index in [1.807, 2.05) is 13.8 Å². The van der Waals surface area contributed by atoms with Gasteiger partial charge in [0.05, 0.1) is 0 Å². The number of ether oxygens (including phenoxy) is 2. The molecule has 0 aliphatic rings. The van der Waals surface area contributed by atoms with Crippen molar-refractivity contribution in [1.29, 1.82) is 0 Å². The summed E-state index contributed by atoms with van der Waals surface area (Å²) in [5.74, 6) is -0.661. The predicted octanol–water partition coefficient (Wildman–Crippen LogP) is 0.668. The lowest BCUT2D eigenvalue weighted by Gasteiger charge is -2.22. The van der Waals surface area contributed by atoms with Crippen LogP contribution in [0.25, 0.3) is 0 Å². The molecule has 88 valence electrons. The van der Waals surface area contributed by atoms with Crippen LogP contribution < -0.4 is 5.73 Å². The van der Waals surface area contributed by atoms with Crippen molar-refractivity contribution in [3.05, 3.63) is 0 Å². The van der Waals surface area contributed by atoms with E-state index in [1.54, 1.807) is 13.8 Å². The Bertz CT molecular complexity index is 215. The molecule has 15 heavy (non-hydrogen) atoms. The second-order valence-electron chi connectivity index (χ2n) is 4.05. The molecule has 0 heterocycles. The van der Waals surface area contributed by atoms with Gasteiger partial charge in [-0.1, -0.05) is 27.7 Å². The third-order valence-corrected chi connectivity index (χ3v) is 1.96. The summed E-state index contributed by atoms with van der Waals surface area (Å²) in [5.41, 5.74) is 5.59. The number of esters is 1. The largest absolute Gasteiger partial charge is 0.427 e. The Labute approximate surface area is 89.9 Å². The molecule has 2 atom stereocenters. The van der Waals surface area contributed by atoms with Crippen LogP contribution in [-0.4, -0.2) is 24.8 Å². The van der Waals surface area contributed by atoms with Gasteiger partial charge in [-0.3, -0.25) is 9.59 Å². The highest BCUT2D eigenvalue weighted by Gasteiger charge is 2.25. The number of carbonyl (C=O) groups is 2. The van der Waals surface area contributed by atoms with Crippen molar-refractivity contribution in [3.63, 3.8) is 0 Å². The molecule has 0 saturated carbocycles. The summed E-state index contributed by atoms with van der Waals surface area (Å²) in [6.45, 7) is 7.46. The van der Waals surface area contributed by atoms with Gasteiger partial charge in [-0.05, 0) is 5.92 Å². The van der Waals surface area contributed by atoms with Gasteiger partial charge < -0.3 is 15.2 Å². The van der Waals surface area contributed by atoms with Crippen LogP contribution in [0.3, 0.4) is 0 Å². The summed E-state index contributed by atoms with van der Waals surface area (Å²) in [5, 5.41) is 0. The van der Waals surface area contributed by atoms with Crippen molar-refractivity contribution in [2.24, 2.45) is 17.6 Å². The third kappa shape index (κ3) is 4.78. The summed E-state index contributed by atoms with van der Waals surface area (Å²) < 4.78 is 9.58. The molecular formula is C10H19NO4. The Kier molecular flexibility index (Phi) is 5.93. The fourth-order valence-electron chi connectivity index (χ4n) is 0.841. The Morgan fingerprint density at radius 3 is 2.07 bits per heavy atom. The van der Waals surface area contributed by atoms with Crippen molar-refractivity contribution < 1.29 is 19.1 Å². The third-order valence-electron chi connectivity index (χ3n) is 1.96. The molecule has 0 rings (SSSR count). The van der Waals surface area contributed by atoms with Gasteiger partial charge in [-0.25, -0.2) is 0 Å². The van der Waals surface area contributed by atoms with Crippen LogP contribution >= 0.6 is 0 Å². The molecule has 0 spiro atoms. The average Bonchev–Trinajstić information content (AvgIpc) is 2.15. The van der Waals surface area contributed by atoms with Crippen LogP contribution in [0.4, 0.5) is 0 Å². The van der Waals surface area contributed by atoms with Crippen LogP contribution in [0, 0.1) is 11.8 Å². The quantitative estimate of drug-likeness (QED) is 0.402. The molecule has 0 aliphatic heterocycles. The molecule has 0 aromatic rings. The molecule has 5 nitrogen and oxygen atoms in total. The van der Waals surface area contributed by atoms with Gasteiger partial charge in [-0.15, -0.1) is 0 Å². The Morgan fingerprint density at radius 2 is 1.73 bits per heavy atom. The van der Waals surface area contributed by atoms with E-state index in [0.717, 1.165) is 0 Å². The summed E-state index contributed by atoms with van der Waals surface area (Å²) >= 11 is 0. The summed E-state index contributed by atoms with van der Waals surface area (Å²) in [7, 11) is 0. The second-order valence-corrected chi connectivity index (χ2v) is 4.05. The Hall–Kier alpha value is -1.10. The number of hydrogen-bond acceptors (Lipinski definition) is 5. The molecule has 2 N–H and O–H groups in total. The van der Waals surface area contributed by atoms with Crippen LogP contribution in [-0.2, 0) is 19.1 Å². The van der Waals surface area contributed by atoms with E-state index in [0.29, 0.717) is 0 Å². The molecule has 0 aliphatic carbocycles. The van der Waals surface area contributed by atoms with Crippen LogP contribution in [0.15, 0.2) is 0 Å². The zero-order valence-electron chi connectivity index (χ0n) is 9.60. The predicted molar refractivity (Wildman–Crippen MR) is 54.7 cm³/mol. The molecule has 0 aromatic heterocycles. The topological polar surface area (TPSA) is 78.6 Å². The first kappa shape index (κ1) is 13.9. The lowest BCUT2D eigenvalue weighted by molar-refractivity contribution is -0.189. The number of nitrogens with two attached hydrogens (primary N) is 1. The summed E-state index contributed by atoms with van der Waals surface area (Å²) in [6, 6.07) is -0.693. The van der Waals surface area contributed by atoms with Crippen molar-refractivity contribution >= 4 is 12.4 Å². The molecule has 5 heteroatoms. The zero-order chi connectivity index (χ0) is 12.0. The minimum absolute atomic E-state index is 0.0125. The average molecular weight is 217 g/mol. The van der Waals surface area contributed by atoms with Crippen molar-refractivity contribution in [3.8, 4) is 0 Å². The van der Waals surface area contributed by atoms with Crippen LogP contribution in [0.2, 0.25) is 0 Å². The molecule has 0 amide bonds. The highest BCUT2D eigenvalue weighted by atomic mass is 16.7. The second kappa shape index (κ2) is 6.40. The fraction of sp³-hybridized carbons (Fsp3) is 0.800. The van der Waals surface area contributed by atoms with E-state index in [-0.39, 0.29) is 18.3 Å². The minimum Gasteiger partial charge on any atom is -0.427 e. The fourth-order valence-corrected chi connectivity index (χ4v) is 0.841. The van der Waals surface area contributed by atoms with E-state index >= 15 is 0 Å². The van der Waals surface area contributed by atoms with Gasteiger partial charge >= 0.3 is 5.97 Å². The lowest BCUT2D eigenvalue weighted by atomic mass is 10.1. The van der Waals surface area contributed by atoms with Crippen molar-refractivity contribution in [2.45, 2.75) is 40.0 Å². The van der Waals surface area contributed by atoms with Gasteiger partial charge in [0.2, 0.25) is 6.29 Å². The van der Waals surface area contributed by atoms with Gasteiger partial charge in [-0.2, -0.15) is 0 Å². The van der Waals surface area contributed by atoms with E-state index in [2.05, 4.69) is 4.74 Å². The van der Waals surface area contributed by atoms with Crippen LogP contribution in [0.5, 0.6) is 0 Å². The van der Waals surface area contributed by atoms with Gasteiger partial charge in [0, 0.05) is 5.92 Å². The van der Waals surface area contributed by atoms with Gasteiger partial charge in [0.25, 0.3) is 6.47 Å².